The van der Waals surface area contributed by atoms with E-state index in [1.807, 2.05) is 0 Å². The minimum Gasteiger partial charge on any atom is -0.344 e. The Labute approximate surface area is 208 Å². The molecule has 0 N–H and O–H groups in total. The molecule has 3 heterocycles. The van der Waals surface area contributed by atoms with Crippen molar-refractivity contribution in [3.63, 3.8) is 0 Å². The zero-order valence-electron chi connectivity index (χ0n) is 20.4. The van der Waals surface area contributed by atoms with E-state index in [2.05, 4.69) is 131 Å². The van der Waals surface area contributed by atoms with E-state index in [1.54, 1.807) is 0 Å². The molecule has 0 bridgehead atoms. The lowest BCUT2D eigenvalue weighted by Crippen LogP contribution is -1.99. The Kier molecular flexibility index (Phi) is 3.85. The third-order valence-corrected chi connectivity index (χ3v) is 8.12. The summed E-state index contributed by atoms with van der Waals surface area (Å²) in [6, 6.07) is 37.8. The third-order valence-electron chi connectivity index (χ3n) is 8.12. The zero-order chi connectivity index (χ0) is 24.0. The average Bonchev–Trinajstić information content (AvgIpc) is 3.51. The van der Waals surface area contributed by atoms with Gasteiger partial charge in [0, 0.05) is 75.0 Å². The first-order valence-electron chi connectivity index (χ1n) is 12.5. The fourth-order valence-electron chi connectivity index (χ4n) is 6.47. The number of hydrogen-bond donors (Lipinski definition) is 0. The van der Waals surface area contributed by atoms with Gasteiger partial charge >= 0.3 is 0 Å². The predicted molar refractivity (Wildman–Crippen MR) is 153 cm³/mol. The molecule has 0 aliphatic carbocycles. The van der Waals surface area contributed by atoms with Crippen LogP contribution >= 0.6 is 0 Å². The van der Waals surface area contributed by atoms with E-state index in [4.69, 9.17) is 0 Å². The number of nitrogens with zero attached hydrogens (tertiary/aromatic N) is 3. The largest absolute Gasteiger partial charge is 0.344 e. The van der Waals surface area contributed by atoms with Crippen LogP contribution in [-0.2, 0) is 20.6 Å². The van der Waals surface area contributed by atoms with Crippen molar-refractivity contribution in [1.82, 2.24) is 13.7 Å². The number of aryl methyl sites for hydroxylation is 2. The van der Waals surface area contributed by atoms with Crippen LogP contribution in [0, 0.1) is 0 Å². The lowest BCUT2D eigenvalue weighted by molar-refractivity contribution is 0.870. The molecule has 0 aliphatic heterocycles. The van der Waals surface area contributed by atoms with Gasteiger partial charge in [0.05, 0.1) is 11.0 Å². The van der Waals surface area contributed by atoms with Crippen LogP contribution in [0.1, 0.15) is 5.56 Å². The molecule has 8 rings (SSSR count). The number of para-hydroxylation sites is 3. The van der Waals surface area contributed by atoms with Gasteiger partial charge in [-0.2, -0.15) is 0 Å². The van der Waals surface area contributed by atoms with Crippen molar-refractivity contribution in [1.29, 1.82) is 0 Å². The molecule has 3 aromatic heterocycles. The van der Waals surface area contributed by atoms with Gasteiger partial charge in [-0.3, -0.25) is 0 Å². The second-order valence-corrected chi connectivity index (χ2v) is 9.96. The van der Waals surface area contributed by atoms with Crippen molar-refractivity contribution < 1.29 is 0 Å². The molecule has 0 unspecified atom stereocenters. The Hall–Kier alpha value is -4.50. The van der Waals surface area contributed by atoms with Gasteiger partial charge in [-0.1, -0.05) is 66.7 Å². The van der Waals surface area contributed by atoms with Crippen molar-refractivity contribution in [2.75, 3.05) is 0 Å². The molecule has 0 saturated heterocycles. The van der Waals surface area contributed by atoms with Gasteiger partial charge < -0.3 is 13.7 Å². The first-order valence-corrected chi connectivity index (χ1v) is 12.5. The first-order chi connectivity index (χ1) is 17.7. The van der Waals surface area contributed by atoms with Crippen LogP contribution in [0.4, 0.5) is 0 Å². The van der Waals surface area contributed by atoms with Crippen LogP contribution in [0.2, 0.25) is 0 Å². The van der Waals surface area contributed by atoms with E-state index in [0.717, 1.165) is 6.54 Å². The number of rotatable bonds is 2. The average molecular weight is 464 g/mol. The summed E-state index contributed by atoms with van der Waals surface area (Å²) in [6.07, 6.45) is 0. The standard InChI is InChI=1S/C33H25N3/c1-34-28-17-15-21(20-36-29-13-7-4-9-22(29)23-10-5-8-14-30(23)36)19-26(28)32-31(34)18-16-25-24-11-3-6-12-27(24)35(2)33(25)32/h3-19H,20H2,1-2H3. The number of benzene rings is 5. The fourth-order valence-corrected chi connectivity index (χ4v) is 6.47. The Morgan fingerprint density at radius 3 is 1.72 bits per heavy atom. The zero-order valence-corrected chi connectivity index (χ0v) is 20.4. The molecule has 0 radical (unpaired) electrons. The van der Waals surface area contributed by atoms with Crippen molar-refractivity contribution in [3.05, 3.63) is 109 Å². The number of fused-ring (bicyclic) bond motifs is 10. The molecular weight excluding hydrogens is 438 g/mol. The molecule has 0 amide bonds. The Morgan fingerprint density at radius 2 is 1.03 bits per heavy atom. The van der Waals surface area contributed by atoms with E-state index in [-0.39, 0.29) is 0 Å². The second kappa shape index (κ2) is 7.02. The molecule has 0 aliphatic rings. The maximum absolute atomic E-state index is 2.46. The SMILES string of the molecule is Cn1c2ccc(Cn3c4ccccc4c4ccccc43)cc2c2c1ccc1c3ccccc3n(C)c12. The highest BCUT2D eigenvalue weighted by Crippen LogP contribution is 2.39. The molecular formula is C33H25N3. The molecule has 3 heteroatoms. The van der Waals surface area contributed by atoms with E-state index < -0.39 is 0 Å². The van der Waals surface area contributed by atoms with E-state index in [9.17, 15) is 0 Å². The first kappa shape index (κ1) is 19.8. The highest BCUT2D eigenvalue weighted by atomic mass is 15.0. The summed E-state index contributed by atoms with van der Waals surface area (Å²) < 4.78 is 7.17. The Bertz CT molecular complexity index is 2100. The predicted octanol–water partition coefficient (Wildman–Crippen LogP) is 8.13. The summed E-state index contributed by atoms with van der Waals surface area (Å²) in [7, 11) is 4.39. The summed E-state index contributed by atoms with van der Waals surface area (Å²) in [4.78, 5) is 0. The monoisotopic (exact) mass is 463 g/mol. The van der Waals surface area contributed by atoms with Crippen LogP contribution in [0.3, 0.4) is 0 Å². The van der Waals surface area contributed by atoms with Gasteiger partial charge in [-0.25, -0.2) is 0 Å². The van der Waals surface area contributed by atoms with E-state index in [0.29, 0.717) is 0 Å². The lowest BCUT2D eigenvalue weighted by atomic mass is 10.1. The highest BCUT2D eigenvalue weighted by Gasteiger charge is 2.17. The topological polar surface area (TPSA) is 14.8 Å². The van der Waals surface area contributed by atoms with Crippen LogP contribution in [0.25, 0.3) is 65.4 Å². The maximum atomic E-state index is 2.46. The quantitative estimate of drug-likeness (QED) is 0.246. The van der Waals surface area contributed by atoms with Gasteiger partial charge in [0.1, 0.15) is 0 Å². The molecule has 3 nitrogen and oxygen atoms in total. The van der Waals surface area contributed by atoms with Crippen molar-refractivity contribution >= 4 is 65.4 Å². The van der Waals surface area contributed by atoms with Gasteiger partial charge in [-0.15, -0.1) is 0 Å². The second-order valence-electron chi connectivity index (χ2n) is 9.96. The van der Waals surface area contributed by atoms with Gasteiger partial charge in [0.25, 0.3) is 0 Å². The molecule has 0 saturated carbocycles. The molecule has 0 fully saturated rings. The molecule has 36 heavy (non-hydrogen) atoms. The minimum atomic E-state index is 0.839. The van der Waals surface area contributed by atoms with Crippen LogP contribution in [0.15, 0.2) is 103 Å². The fraction of sp³-hybridized carbons (Fsp3) is 0.0909. The van der Waals surface area contributed by atoms with Crippen molar-refractivity contribution in [2.45, 2.75) is 6.54 Å². The van der Waals surface area contributed by atoms with Gasteiger partial charge in [-0.05, 0) is 42.0 Å². The number of aromatic nitrogens is 3. The molecule has 8 aromatic rings. The van der Waals surface area contributed by atoms with Crippen molar-refractivity contribution in [3.8, 4) is 0 Å². The molecule has 5 aromatic carbocycles. The maximum Gasteiger partial charge on any atom is 0.0590 e. The molecule has 0 spiro atoms. The Balaban J connectivity index is 1.42. The van der Waals surface area contributed by atoms with Crippen molar-refractivity contribution in [2.24, 2.45) is 14.1 Å². The van der Waals surface area contributed by atoms with Crippen LogP contribution < -0.4 is 0 Å². The smallest absolute Gasteiger partial charge is 0.0590 e. The summed E-state index contributed by atoms with van der Waals surface area (Å²) >= 11 is 0. The summed E-state index contributed by atoms with van der Waals surface area (Å²) in [5, 5.41) is 7.93. The number of hydrogen-bond acceptors (Lipinski definition) is 0. The van der Waals surface area contributed by atoms with Gasteiger partial charge in [0.15, 0.2) is 0 Å². The summed E-state index contributed by atoms with van der Waals surface area (Å²) in [5.41, 5.74) is 9.02. The molecule has 172 valence electrons. The molecule has 0 atom stereocenters. The van der Waals surface area contributed by atoms with E-state index >= 15 is 0 Å². The third kappa shape index (κ3) is 2.47. The van der Waals surface area contributed by atoms with Crippen LogP contribution in [-0.4, -0.2) is 13.7 Å². The minimum absolute atomic E-state index is 0.839. The highest BCUT2D eigenvalue weighted by molar-refractivity contribution is 6.25. The normalized spacial score (nSPS) is 12.3. The van der Waals surface area contributed by atoms with Crippen LogP contribution in [0.5, 0.6) is 0 Å². The Morgan fingerprint density at radius 1 is 0.472 bits per heavy atom. The summed E-state index contributed by atoms with van der Waals surface area (Å²) in [5.74, 6) is 0. The van der Waals surface area contributed by atoms with E-state index in [1.165, 1.54) is 71.0 Å². The van der Waals surface area contributed by atoms with Gasteiger partial charge in [0.2, 0.25) is 0 Å². The summed E-state index contributed by atoms with van der Waals surface area (Å²) in [6.45, 7) is 0.839. The lowest BCUT2D eigenvalue weighted by Gasteiger charge is -2.09.